The van der Waals surface area contributed by atoms with E-state index in [1.165, 1.54) is 6.07 Å². The monoisotopic (exact) mass is 403 g/mol. The Morgan fingerprint density at radius 3 is 2.73 bits per heavy atom. The quantitative estimate of drug-likeness (QED) is 0.469. The van der Waals surface area contributed by atoms with E-state index in [1.54, 1.807) is 19.2 Å². The number of fused-ring (bicyclic) bond motifs is 2. The number of nitro benzene ring substituents is 1. The van der Waals surface area contributed by atoms with Gasteiger partial charge in [-0.1, -0.05) is 31.2 Å². The molecule has 152 valence electrons. The van der Waals surface area contributed by atoms with Crippen LogP contribution < -0.4 is 5.32 Å². The molecule has 1 aliphatic rings. The van der Waals surface area contributed by atoms with Crippen LogP contribution in [0.4, 0.5) is 11.4 Å². The number of nitrogens with zero attached hydrogens (tertiary/aromatic N) is 2. The van der Waals surface area contributed by atoms with Gasteiger partial charge < -0.3 is 10.4 Å². The van der Waals surface area contributed by atoms with Gasteiger partial charge in [0.05, 0.1) is 21.7 Å². The number of para-hydroxylation sites is 1. The predicted octanol–water partition coefficient (Wildman–Crippen LogP) is 5.01. The van der Waals surface area contributed by atoms with Crippen molar-refractivity contribution < 1.29 is 14.8 Å². The molecule has 4 rings (SSSR count). The van der Waals surface area contributed by atoms with Crippen LogP contribution in [0.2, 0.25) is 0 Å². The maximum absolute atomic E-state index is 12.1. The minimum Gasteiger partial charge on any atom is -0.478 e. The zero-order valence-corrected chi connectivity index (χ0v) is 16.7. The van der Waals surface area contributed by atoms with E-state index in [0.29, 0.717) is 39.8 Å². The van der Waals surface area contributed by atoms with E-state index in [4.69, 9.17) is 4.98 Å². The predicted molar refractivity (Wildman–Crippen MR) is 117 cm³/mol. The summed E-state index contributed by atoms with van der Waals surface area (Å²) in [7, 11) is 1.64. The first-order chi connectivity index (χ1) is 14.4. The summed E-state index contributed by atoms with van der Waals surface area (Å²) in [6.07, 6.45) is 3.23. The number of allylic oxidation sites excluding steroid dienone is 1. The van der Waals surface area contributed by atoms with Gasteiger partial charge in [-0.3, -0.25) is 10.1 Å². The highest BCUT2D eigenvalue weighted by atomic mass is 16.6. The van der Waals surface area contributed by atoms with E-state index in [1.807, 2.05) is 30.3 Å². The van der Waals surface area contributed by atoms with Gasteiger partial charge in [0.1, 0.15) is 5.69 Å². The number of hydrogen-bond donors (Lipinski definition) is 2. The lowest BCUT2D eigenvalue weighted by Gasteiger charge is -2.26. The second kappa shape index (κ2) is 7.59. The van der Waals surface area contributed by atoms with Crippen molar-refractivity contribution in [2.75, 3.05) is 12.4 Å². The van der Waals surface area contributed by atoms with Gasteiger partial charge >= 0.3 is 5.97 Å². The Labute approximate surface area is 173 Å². The lowest BCUT2D eigenvalue weighted by atomic mass is 9.80. The summed E-state index contributed by atoms with van der Waals surface area (Å²) in [6, 6.07) is 12.3. The first kappa shape index (κ1) is 19.6. The Balaban J connectivity index is 1.94. The number of nitro groups is 1. The fraction of sp³-hybridized carbons (Fsp3) is 0.217. The van der Waals surface area contributed by atoms with Crippen LogP contribution >= 0.6 is 0 Å². The van der Waals surface area contributed by atoms with Crippen LogP contribution in [0.15, 0.2) is 42.5 Å². The van der Waals surface area contributed by atoms with Crippen molar-refractivity contribution in [3.8, 4) is 0 Å². The summed E-state index contributed by atoms with van der Waals surface area (Å²) >= 11 is 0. The Kier molecular flexibility index (Phi) is 4.95. The van der Waals surface area contributed by atoms with Gasteiger partial charge in [0.2, 0.25) is 0 Å². The topological polar surface area (TPSA) is 105 Å². The largest absolute Gasteiger partial charge is 0.478 e. The molecule has 0 fully saturated rings. The van der Waals surface area contributed by atoms with E-state index in [2.05, 4.69) is 12.2 Å². The van der Waals surface area contributed by atoms with Crippen molar-refractivity contribution in [2.24, 2.45) is 5.92 Å². The van der Waals surface area contributed by atoms with Gasteiger partial charge in [0, 0.05) is 18.5 Å². The highest BCUT2D eigenvalue weighted by Gasteiger charge is 2.28. The number of rotatable bonds is 4. The molecule has 0 saturated heterocycles. The first-order valence-electron chi connectivity index (χ1n) is 9.71. The highest BCUT2D eigenvalue weighted by Crippen LogP contribution is 2.39. The average Bonchev–Trinajstić information content (AvgIpc) is 2.71. The van der Waals surface area contributed by atoms with Crippen LogP contribution in [-0.2, 0) is 6.42 Å². The number of carboxylic acids is 1. The molecule has 0 saturated carbocycles. The third-order valence-electron chi connectivity index (χ3n) is 5.46. The van der Waals surface area contributed by atoms with Gasteiger partial charge in [-0.2, -0.15) is 0 Å². The molecule has 1 aliphatic carbocycles. The third-order valence-corrected chi connectivity index (χ3v) is 5.46. The number of benzene rings is 2. The molecule has 7 nitrogen and oxygen atoms in total. The standard InChI is InChI=1S/C23H21N3O4/c1-13-9-15(11-14-7-8-19(24-2)20(12-14)26(29)30)22-17(10-13)21(23(27)28)16-5-3-4-6-18(16)25-22/h3-8,11-13,24H,9-10H2,1-2H3,(H,27,28)/b15-11-. The summed E-state index contributed by atoms with van der Waals surface area (Å²) in [5, 5.41) is 24.8. The van der Waals surface area contributed by atoms with E-state index >= 15 is 0 Å². The molecule has 1 aromatic heterocycles. The van der Waals surface area contributed by atoms with E-state index < -0.39 is 10.9 Å². The summed E-state index contributed by atoms with van der Waals surface area (Å²) in [5.74, 6) is -0.733. The number of aromatic carboxylic acids is 1. The maximum Gasteiger partial charge on any atom is 0.336 e. The zero-order chi connectivity index (χ0) is 21.4. The summed E-state index contributed by atoms with van der Waals surface area (Å²) < 4.78 is 0. The van der Waals surface area contributed by atoms with Crippen molar-refractivity contribution in [2.45, 2.75) is 19.8 Å². The van der Waals surface area contributed by atoms with Crippen LogP contribution in [0, 0.1) is 16.0 Å². The average molecular weight is 403 g/mol. The Morgan fingerprint density at radius 2 is 2.03 bits per heavy atom. The van der Waals surface area contributed by atoms with Gasteiger partial charge in [0.15, 0.2) is 0 Å². The number of nitrogens with one attached hydrogen (secondary N) is 1. The summed E-state index contributed by atoms with van der Waals surface area (Å²) in [4.78, 5) is 27.9. The minimum atomic E-state index is -0.965. The fourth-order valence-corrected chi connectivity index (χ4v) is 4.18. The van der Waals surface area contributed by atoms with Crippen LogP contribution in [-0.4, -0.2) is 28.0 Å². The maximum atomic E-state index is 12.1. The van der Waals surface area contributed by atoms with Gasteiger partial charge in [-0.05, 0) is 53.7 Å². The van der Waals surface area contributed by atoms with Crippen molar-refractivity contribution >= 4 is 39.9 Å². The molecule has 1 atom stereocenters. The van der Waals surface area contributed by atoms with Crippen LogP contribution in [0.5, 0.6) is 0 Å². The molecule has 30 heavy (non-hydrogen) atoms. The van der Waals surface area contributed by atoms with E-state index in [-0.39, 0.29) is 11.6 Å². The molecule has 1 unspecified atom stereocenters. The smallest absolute Gasteiger partial charge is 0.336 e. The molecule has 0 radical (unpaired) electrons. The molecule has 0 aliphatic heterocycles. The molecule has 1 heterocycles. The van der Waals surface area contributed by atoms with Gasteiger partial charge in [0.25, 0.3) is 5.69 Å². The molecule has 0 spiro atoms. The second-order valence-corrected chi connectivity index (χ2v) is 7.60. The van der Waals surface area contributed by atoms with Crippen molar-refractivity contribution in [1.82, 2.24) is 4.98 Å². The summed E-state index contributed by atoms with van der Waals surface area (Å²) in [5.41, 5.74) is 4.34. The molecule has 3 aromatic rings. The van der Waals surface area contributed by atoms with E-state index in [0.717, 1.165) is 17.6 Å². The number of carboxylic acid groups (broad SMARTS) is 1. The molecule has 0 bridgehead atoms. The normalized spacial score (nSPS) is 17.0. The van der Waals surface area contributed by atoms with Crippen LogP contribution in [0.25, 0.3) is 22.6 Å². The fourth-order valence-electron chi connectivity index (χ4n) is 4.18. The molecular formula is C23H21N3O4. The van der Waals surface area contributed by atoms with E-state index in [9.17, 15) is 20.0 Å². The Hall–Kier alpha value is -3.74. The van der Waals surface area contributed by atoms with Crippen molar-refractivity contribution in [3.05, 3.63) is 75.0 Å². The van der Waals surface area contributed by atoms with Crippen LogP contribution in [0.1, 0.15) is 40.5 Å². The molecule has 2 N–H and O–H groups in total. The molecular weight excluding hydrogens is 382 g/mol. The number of aromatic nitrogens is 1. The molecule has 0 amide bonds. The highest BCUT2D eigenvalue weighted by molar-refractivity contribution is 6.06. The first-order valence-corrected chi connectivity index (χ1v) is 9.71. The number of anilines is 1. The Bertz CT molecular complexity index is 1220. The second-order valence-electron chi connectivity index (χ2n) is 7.60. The van der Waals surface area contributed by atoms with Gasteiger partial charge in [-0.15, -0.1) is 0 Å². The van der Waals surface area contributed by atoms with Crippen molar-refractivity contribution in [3.63, 3.8) is 0 Å². The lowest BCUT2D eigenvalue weighted by Crippen LogP contribution is -2.17. The van der Waals surface area contributed by atoms with Gasteiger partial charge in [-0.25, -0.2) is 9.78 Å². The molecule has 2 aromatic carbocycles. The minimum absolute atomic E-state index is 0.00590. The summed E-state index contributed by atoms with van der Waals surface area (Å²) in [6.45, 7) is 2.07. The number of hydrogen-bond acceptors (Lipinski definition) is 5. The SMILES string of the molecule is CNc1ccc(/C=C2/CC(C)Cc3c2nc2ccccc2c3C(=O)O)cc1[N+](=O)[O-]. The zero-order valence-electron chi connectivity index (χ0n) is 16.7. The number of pyridine rings is 1. The molecule has 7 heteroatoms. The van der Waals surface area contributed by atoms with Crippen molar-refractivity contribution in [1.29, 1.82) is 0 Å². The Morgan fingerprint density at radius 1 is 1.27 bits per heavy atom. The number of carbonyl (C=O) groups is 1. The van der Waals surface area contributed by atoms with Crippen LogP contribution in [0.3, 0.4) is 0 Å². The third kappa shape index (κ3) is 3.39. The lowest BCUT2D eigenvalue weighted by molar-refractivity contribution is -0.383.